The third kappa shape index (κ3) is 5.56. The largest absolute Gasteiger partial charge is 0.393 e. The molecule has 1 radical (unpaired) electrons. The van der Waals surface area contributed by atoms with Gasteiger partial charge in [0.25, 0.3) is 0 Å². The van der Waals surface area contributed by atoms with Crippen molar-refractivity contribution in [3.05, 3.63) is 26.1 Å². The van der Waals surface area contributed by atoms with Crippen molar-refractivity contribution in [3.8, 4) is 0 Å². The van der Waals surface area contributed by atoms with E-state index in [9.17, 15) is 5.11 Å². The van der Waals surface area contributed by atoms with Gasteiger partial charge in [0, 0.05) is 51.1 Å². The predicted octanol–water partition coefficient (Wildman–Crippen LogP) is 2.83. The maximum Gasteiger partial charge on any atom is 0.0948 e. The fourth-order valence-corrected chi connectivity index (χ4v) is 1.84. The summed E-state index contributed by atoms with van der Waals surface area (Å²) in [5, 5.41) is 9.30. The average Bonchev–Trinajstić information content (AvgIpc) is 2.75. The summed E-state index contributed by atoms with van der Waals surface area (Å²) in [6.07, 6.45) is 9.64. The molecule has 1 heterocycles. The number of hydrogen-bond acceptors (Lipinski definition) is 2. The Morgan fingerprint density at radius 2 is 1.75 bits per heavy atom. The molecule has 1 aromatic rings. The Bertz CT molecular complexity index is 231. The molecule has 16 heavy (non-hydrogen) atoms. The van der Waals surface area contributed by atoms with Crippen LogP contribution in [0.4, 0.5) is 0 Å². The third-order valence-electron chi connectivity index (χ3n) is 2.61. The topological polar surface area (TPSA) is 38.0 Å². The van der Waals surface area contributed by atoms with Crippen LogP contribution in [0, 0.1) is 7.43 Å². The van der Waals surface area contributed by atoms with Gasteiger partial charge >= 0.3 is 0 Å². The van der Waals surface area contributed by atoms with Gasteiger partial charge in [-0.05, 0) is 25.7 Å². The number of rotatable bonds is 1. The van der Waals surface area contributed by atoms with Crippen molar-refractivity contribution in [2.75, 3.05) is 0 Å². The molecule has 1 aliphatic rings. The summed E-state index contributed by atoms with van der Waals surface area (Å²) in [7, 11) is 0. The van der Waals surface area contributed by atoms with Crippen molar-refractivity contribution in [3.63, 3.8) is 0 Å². The first-order chi connectivity index (χ1) is 6.86. The summed E-state index contributed by atoms with van der Waals surface area (Å²) in [5.74, 6) is 0. The first kappa shape index (κ1) is 18.6. The second-order valence-corrected chi connectivity index (χ2v) is 3.47. The molecule has 0 saturated heterocycles. The SMILES string of the molecule is CC.OC1CCC(n2ccnc2)CC1.[CH3-].[Y]. The van der Waals surface area contributed by atoms with E-state index < -0.39 is 0 Å². The molecule has 1 aromatic heterocycles. The van der Waals surface area contributed by atoms with Gasteiger partial charge in [0.05, 0.1) is 12.4 Å². The molecule has 0 unspecified atom stereocenters. The zero-order valence-electron chi connectivity index (χ0n) is 10.6. The molecule has 0 aliphatic heterocycles. The molecule has 0 aromatic carbocycles. The number of imidazole rings is 1. The molecule has 91 valence electrons. The summed E-state index contributed by atoms with van der Waals surface area (Å²) in [4.78, 5) is 4.02. The van der Waals surface area contributed by atoms with Gasteiger partial charge in [0.15, 0.2) is 0 Å². The zero-order valence-corrected chi connectivity index (χ0v) is 13.5. The molecule has 1 aliphatic carbocycles. The van der Waals surface area contributed by atoms with Crippen LogP contribution in [-0.2, 0) is 32.7 Å². The van der Waals surface area contributed by atoms with E-state index in [1.54, 1.807) is 0 Å². The van der Waals surface area contributed by atoms with Crippen molar-refractivity contribution in [1.29, 1.82) is 0 Å². The Labute approximate surface area is 125 Å². The van der Waals surface area contributed by atoms with Crippen LogP contribution in [0.15, 0.2) is 18.7 Å². The molecule has 3 nitrogen and oxygen atoms in total. The second-order valence-electron chi connectivity index (χ2n) is 3.47. The van der Waals surface area contributed by atoms with Crippen LogP contribution in [0.3, 0.4) is 0 Å². The minimum absolute atomic E-state index is 0. The second kappa shape index (κ2) is 10.4. The summed E-state index contributed by atoms with van der Waals surface area (Å²) in [6, 6.07) is 0.566. The Morgan fingerprint density at radius 1 is 1.19 bits per heavy atom. The van der Waals surface area contributed by atoms with E-state index in [0.717, 1.165) is 25.7 Å². The van der Waals surface area contributed by atoms with Gasteiger partial charge in [-0.15, -0.1) is 0 Å². The predicted molar refractivity (Wildman–Crippen MR) is 63.5 cm³/mol. The maximum atomic E-state index is 9.30. The third-order valence-corrected chi connectivity index (χ3v) is 2.61. The van der Waals surface area contributed by atoms with Crippen molar-refractivity contribution >= 4 is 0 Å². The summed E-state index contributed by atoms with van der Waals surface area (Å²) in [5.41, 5.74) is 0. The van der Waals surface area contributed by atoms with E-state index in [0.29, 0.717) is 6.04 Å². The van der Waals surface area contributed by atoms with Crippen molar-refractivity contribution in [2.45, 2.75) is 51.7 Å². The monoisotopic (exact) mass is 300 g/mol. The van der Waals surface area contributed by atoms with Crippen LogP contribution in [0.1, 0.15) is 45.6 Å². The normalized spacial score (nSPS) is 23.2. The van der Waals surface area contributed by atoms with Gasteiger partial charge in [-0.2, -0.15) is 0 Å². The van der Waals surface area contributed by atoms with E-state index in [2.05, 4.69) is 9.55 Å². The van der Waals surface area contributed by atoms with Crippen LogP contribution in [0.5, 0.6) is 0 Å². The van der Waals surface area contributed by atoms with Crippen LogP contribution in [-0.4, -0.2) is 20.8 Å². The van der Waals surface area contributed by atoms with Crippen LogP contribution < -0.4 is 0 Å². The smallest absolute Gasteiger partial charge is 0.0948 e. The number of aliphatic hydroxyl groups excluding tert-OH is 1. The zero-order chi connectivity index (χ0) is 10.4. The number of aliphatic hydroxyl groups is 1. The molecule has 1 saturated carbocycles. The van der Waals surface area contributed by atoms with Crippen LogP contribution >= 0.6 is 0 Å². The van der Waals surface area contributed by atoms with Gasteiger partial charge < -0.3 is 17.1 Å². The van der Waals surface area contributed by atoms with Gasteiger partial charge in [-0.3, -0.25) is 0 Å². The van der Waals surface area contributed by atoms with E-state index in [1.807, 2.05) is 32.6 Å². The van der Waals surface area contributed by atoms with Gasteiger partial charge in [0.1, 0.15) is 0 Å². The molecule has 0 spiro atoms. The number of aromatic nitrogens is 2. The van der Waals surface area contributed by atoms with Crippen molar-refractivity contribution in [1.82, 2.24) is 9.55 Å². The van der Waals surface area contributed by atoms with Crippen LogP contribution in [0.25, 0.3) is 0 Å². The van der Waals surface area contributed by atoms with E-state index >= 15 is 0 Å². The van der Waals surface area contributed by atoms with Crippen LogP contribution in [0.2, 0.25) is 0 Å². The summed E-state index contributed by atoms with van der Waals surface area (Å²) >= 11 is 0. The standard InChI is InChI=1S/C9H14N2O.C2H6.CH3.Y/c12-9-3-1-8(2-4-9)11-6-5-10-7-11;1-2;;/h5-9,12H,1-4H2;1-2H3;1H3;/q;;-1;. The Balaban J connectivity index is 0. The van der Waals surface area contributed by atoms with E-state index in [1.165, 1.54) is 0 Å². The fourth-order valence-electron chi connectivity index (χ4n) is 1.84. The molecule has 1 N–H and O–H groups in total. The molecule has 1 fully saturated rings. The van der Waals surface area contributed by atoms with Gasteiger partial charge in [-0.1, -0.05) is 13.8 Å². The molecular weight excluding hydrogens is 277 g/mol. The minimum Gasteiger partial charge on any atom is -0.393 e. The first-order valence-corrected chi connectivity index (χ1v) is 5.52. The number of nitrogens with zero attached hydrogens (tertiary/aromatic N) is 2. The Hall–Kier alpha value is 0.274. The van der Waals surface area contributed by atoms with Crippen molar-refractivity contribution in [2.24, 2.45) is 0 Å². The van der Waals surface area contributed by atoms with Crippen molar-refractivity contribution < 1.29 is 37.8 Å². The maximum absolute atomic E-state index is 9.30. The molecule has 0 amide bonds. The molecule has 4 heteroatoms. The van der Waals surface area contributed by atoms with Gasteiger partial charge in [-0.25, -0.2) is 4.98 Å². The molecule has 0 atom stereocenters. The van der Waals surface area contributed by atoms with E-state index in [-0.39, 0.29) is 46.2 Å². The summed E-state index contributed by atoms with van der Waals surface area (Å²) < 4.78 is 2.14. The fraction of sp³-hybridized carbons (Fsp3) is 0.667. The number of hydrogen-bond donors (Lipinski definition) is 1. The average molecular weight is 300 g/mol. The van der Waals surface area contributed by atoms with E-state index in [4.69, 9.17) is 0 Å². The Morgan fingerprint density at radius 3 is 2.19 bits per heavy atom. The minimum atomic E-state index is -0.0650. The molecule has 2 rings (SSSR count). The Kier molecular flexibility index (Phi) is 12.1. The molecular formula is C12H23N2OY-. The molecule has 0 bridgehead atoms. The quantitative estimate of drug-likeness (QED) is 0.810. The first-order valence-electron chi connectivity index (χ1n) is 5.52. The summed E-state index contributed by atoms with van der Waals surface area (Å²) in [6.45, 7) is 4.00. The van der Waals surface area contributed by atoms with Gasteiger partial charge in [0.2, 0.25) is 0 Å².